The number of aromatic carboxylic acids is 1. The molecule has 2 aromatic carbocycles. The molecule has 0 aromatic heterocycles. The van der Waals surface area contributed by atoms with Crippen molar-refractivity contribution < 1.29 is 38.7 Å². The number of aromatic hydroxyl groups is 1. The third kappa shape index (κ3) is 5.91. The third-order valence-electron chi connectivity index (χ3n) is 4.82. The molecule has 0 aliphatic rings. The fourth-order valence-corrected chi connectivity index (χ4v) is 3.46. The van der Waals surface area contributed by atoms with E-state index < -0.39 is 11.9 Å². The molecule has 2 aromatic rings. The number of phenols is 1. The molecule has 174 valence electrons. The Hall–Kier alpha value is -3.26. The zero-order chi connectivity index (χ0) is 24.0. The highest BCUT2D eigenvalue weighted by Crippen LogP contribution is 2.43. The number of hydrogen-bond acceptors (Lipinski definition) is 7. The number of esters is 1. The minimum absolute atomic E-state index is 0.000347. The number of carbonyl (C=O) groups is 2. The number of carboxylic acid groups (broad SMARTS) is 1. The van der Waals surface area contributed by atoms with Gasteiger partial charge < -0.3 is 29.2 Å². The number of carboxylic acids is 1. The lowest BCUT2D eigenvalue weighted by Gasteiger charge is -2.23. The van der Waals surface area contributed by atoms with Crippen molar-refractivity contribution in [2.45, 2.75) is 46.8 Å². The molecule has 0 aliphatic heterocycles. The van der Waals surface area contributed by atoms with Crippen LogP contribution in [-0.2, 0) is 20.9 Å². The smallest absolute Gasteiger partial charge is 0.343 e. The summed E-state index contributed by atoms with van der Waals surface area (Å²) < 4.78 is 22.0. The van der Waals surface area contributed by atoms with Crippen LogP contribution in [0, 0.1) is 12.8 Å². The van der Waals surface area contributed by atoms with E-state index in [0.717, 1.165) is 5.56 Å². The van der Waals surface area contributed by atoms with Gasteiger partial charge in [-0.2, -0.15) is 0 Å². The molecule has 32 heavy (non-hydrogen) atoms. The molecule has 0 fully saturated rings. The third-order valence-corrected chi connectivity index (χ3v) is 4.82. The van der Waals surface area contributed by atoms with E-state index in [1.54, 1.807) is 26.2 Å². The first kappa shape index (κ1) is 25.0. The Morgan fingerprint density at radius 3 is 2.31 bits per heavy atom. The fraction of sp³-hybridized carbons (Fsp3) is 0.417. The molecular formula is C24H30O8. The summed E-state index contributed by atoms with van der Waals surface area (Å²) in [5, 5.41) is 20.4. The van der Waals surface area contributed by atoms with E-state index in [1.165, 1.54) is 26.2 Å². The molecule has 1 unspecified atom stereocenters. The summed E-state index contributed by atoms with van der Waals surface area (Å²) in [7, 11) is 2.94. The molecule has 0 aliphatic carbocycles. The van der Waals surface area contributed by atoms with Gasteiger partial charge in [-0.15, -0.1) is 0 Å². The molecule has 2 rings (SSSR count). The van der Waals surface area contributed by atoms with Crippen molar-refractivity contribution in [3.8, 4) is 23.0 Å². The lowest BCUT2D eigenvalue weighted by molar-refractivity contribution is -0.142. The Labute approximate surface area is 187 Å². The number of aryl methyl sites for hydroxylation is 1. The van der Waals surface area contributed by atoms with Crippen LogP contribution in [0.2, 0.25) is 0 Å². The number of carbonyl (C=O) groups excluding carboxylic acids is 1. The number of benzene rings is 2. The fourth-order valence-electron chi connectivity index (χ4n) is 3.46. The molecule has 1 atom stereocenters. The standard InChI is InChI=1S/C24H30O8/c1-13(2)9-20(29-5)17-7-8-19(21(24(27)28)23(17)30-6)32-22-16(12-31-15(4)25)10-14(3)11-18(22)26/h7-8,10-11,13,20,26H,9,12H2,1-6H3,(H,27,28). The van der Waals surface area contributed by atoms with E-state index >= 15 is 0 Å². The van der Waals surface area contributed by atoms with Crippen LogP contribution in [0.5, 0.6) is 23.0 Å². The predicted molar refractivity (Wildman–Crippen MR) is 118 cm³/mol. The van der Waals surface area contributed by atoms with Gasteiger partial charge in [0, 0.05) is 25.2 Å². The zero-order valence-electron chi connectivity index (χ0n) is 19.2. The summed E-state index contributed by atoms with van der Waals surface area (Å²) in [4.78, 5) is 23.4. The molecule has 0 radical (unpaired) electrons. The van der Waals surface area contributed by atoms with Gasteiger partial charge >= 0.3 is 11.9 Å². The molecule has 0 saturated heterocycles. The molecule has 0 bridgehead atoms. The second-order valence-corrected chi connectivity index (χ2v) is 7.87. The van der Waals surface area contributed by atoms with Crippen molar-refractivity contribution in [2.75, 3.05) is 14.2 Å². The Bertz CT molecular complexity index is 980. The van der Waals surface area contributed by atoms with Gasteiger partial charge in [0.1, 0.15) is 23.7 Å². The van der Waals surface area contributed by atoms with E-state index in [-0.39, 0.29) is 41.3 Å². The SMILES string of the molecule is COc1c(C(CC(C)C)OC)ccc(Oc2c(O)cc(C)cc2COC(C)=O)c1C(=O)O. The first-order chi connectivity index (χ1) is 15.1. The van der Waals surface area contributed by atoms with Crippen LogP contribution in [0.25, 0.3) is 0 Å². The van der Waals surface area contributed by atoms with Crippen LogP contribution in [0.1, 0.15) is 60.3 Å². The van der Waals surface area contributed by atoms with Crippen LogP contribution in [0.3, 0.4) is 0 Å². The quantitative estimate of drug-likeness (QED) is 0.491. The first-order valence-electron chi connectivity index (χ1n) is 10.2. The summed E-state index contributed by atoms with van der Waals surface area (Å²) in [5.41, 5.74) is 1.50. The molecule has 0 saturated carbocycles. The van der Waals surface area contributed by atoms with Gasteiger partial charge in [0.05, 0.1) is 13.2 Å². The monoisotopic (exact) mass is 446 g/mol. The topological polar surface area (TPSA) is 112 Å². The average Bonchev–Trinajstić information content (AvgIpc) is 2.71. The summed E-state index contributed by atoms with van der Waals surface area (Å²) in [6.45, 7) is 6.97. The van der Waals surface area contributed by atoms with E-state index in [4.69, 9.17) is 18.9 Å². The summed E-state index contributed by atoms with van der Waals surface area (Å²) in [6.07, 6.45) is 0.293. The van der Waals surface area contributed by atoms with Crippen LogP contribution < -0.4 is 9.47 Å². The van der Waals surface area contributed by atoms with Crippen molar-refractivity contribution in [3.05, 3.63) is 46.5 Å². The van der Waals surface area contributed by atoms with Gasteiger partial charge in [-0.3, -0.25) is 4.79 Å². The number of ether oxygens (including phenoxy) is 4. The van der Waals surface area contributed by atoms with Gasteiger partial charge in [0.2, 0.25) is 0 Å². The largest absolute Gasteiger partial charge is 0.504 e. The van der Waals surface area contributed by atoms with Crippen molar-refractivity contribution in [1.29, 1.82) is 0 Å². The van der Waals surface area contributed by atoms with E-state index in [2.05, 4.69) is 0 Å². The van der Waals surface area contributed by atoms with Crippen molar-refractivity contribution >= 4 is 11.9 Å². The summed E-state index contributed by atoms with van der Waals surface area (Å²) >= 11 is 0. The minimum Gasteiger partial charge on any atom is -0.504 e. The normalized spacial score (nSPS) is 11.8. The number of methoxy groups -OCH3 is 2. The van der Waals surface area contributed by atoms with Crippen LogP contribution in [-0.4, -0.2) is 36.4 Å². The van der Waals surface area contributed by atoms with Crippen LogP contribution >= 0.6 is 0 Å². The van der Waals surface area contributed by atoms with E-state index in [0.29, 0.717) is 23.5 Å². The lowest BCUT2D eigenvalue weighted by atomic mass is 9.96. The summed E-state index contributed by atoms with van der Waals surface area (Å²) in [6, 6.07) is 6.35. The Morgan fingerprint density at radius 1 is 1.09 bits per heavy atom. The van der Waals surface area contributed by atoms with Crippen molar-refractivity contribution in [1.82, 2.24) is 0 Å². The first-order valence-corrected chi connectivity index (χ1v) is 10.2. The average molecular weight is 446 g/mol. The maximum Gasteiger partial charge on any atom is 0.343 e. The molecule has 0 heterocycles. The van der Waals surface area contributed by atoms with Crippen LogP contribution in [0.15, 0.2) is 24.3 Å². The van der Waals surface area contributed by atoms with Gasteiger partial charge in [-0.05, 0) is 49.1 Å². The Morgan fingerprint density at radius 2 is 1.78 bits per heavy atom. The number of phenolic OH excluding ortho intramolecular Hbond substituents is 1. The highest BCUT2D eigenvalue weighted by Gasteiger charge is 2.27. The van der Waals surface area contributed by atoms with E-state index in [9.17, 15) is 19.8 Å². The summed E-state index contributed by atoms with van der Waals surface area (Å²) in [5.74, 6) is -1.56. The molecule has 0 amide bonds. The van der Waals surface area contributed by atoms with Gasteiger partial charge in [0.25, 0.3) is 0 Å². The van der Waals surface area contributed by atoms with Crippen molar-refractivity contribution in [3.63, 3.8) is 0 Å². The zero-order valence-corrected chi connectivity index (χ0v) is 19.2. The number of rotatable bonds is 10. The Kier molecular flexibility index (Phi) is 8.48. The highest BCUT2D eigenvalue weighted by molar-refractivity contribution is 5.95. The molecule has 2 N–H and O–H groups in total. The second-order valence-electron chi connectivity index (χ2n) is 7.87. The highest BCUT2D eigenvalue weighted by atomic mass is 16.5. The van der Waals surface area contributed by atoms with Crippen molar-refractivity contribution in [2.24, 2.45) is 5.92 Å². The molecule has 8 heteroatoms. The minimum atomic E-state index is -1.26. The van der Waals surface area contributed by atoms with E-state index in [1.807, 2.05) is 13.8 Å². The molecular weight excluding hydrogens is 416 g/mol. The Balaban J connectivity index is 2.60. The maximum atomic E-state index is 12.2. The van der Waals surface area contributed by atoms with Gasteiger partial charge in [0.15, 0.2) is 11.5 Å². The lowest BCUT2D eigenvalue weighted by Crippen LogP contribution is -2.12. The molecule has 0 spiro atoms. The molecule has 8 nitrogen and oxygen atoms in total. The predicted octanol–water partition coefficient (Wildman–Crippen LogP) is 5.00. The van der Waals surface area contributed by atoms with Crippen LogP contribution in [0.4, 0.5) is 0 Å². The van der Waals surface area contributed by atoms with Gasteiger partial charge in [-0.1, -0.05) is 13.8 Å². The maximum absolute atomic E-state index is 12.2. The number of hydrogen-bond donors (Lipinski definition) is 2. The second kappa shape index (κ2) is 10.9. The van der Waals surface area contributed by atoms with Gasteiger partial charge in [-0.25, -0.2) is 4.79 Å².